The fraction of sp³-hybridized carbons (Fsp3) is 0.409. The van der Waals surface area contributed by atoms with E-state index in [2.05, 4.69) is 50.9 Å². The Hall–Kier alpha value is -2.29. The minimum Gasteiger partial charge on any atom is -0.292 e. The first-order valence-corrected chi connectivity index (χ1v) is 9.03. The van der Waals surface area contributed by atoms with Crippen LogP contribution in [0, 0.1) is 0 Å². The Kier molecular flexibility index (Phi) is 6.24. The minimum absolute atomic E-state index is 0.0556. The largest absolute Gasteiger partial charge is 0.292 e. The second kappa shape index (κ2) is 8.19. The van der Waals surface area contributed by atoms with Crippen molar-refractivity contribution in [3.63, 3.8) is 0 Å². The van der Waals surface area contributed by atoms with Crippen LogP contribution in [-0.4, -0.2) is 16.5 Å². The molecule has 25 heavy (non-hydrogen) atoms. The highest BCUT2D eigenvalue weighted by Gasteiger charge is 2.14. The van der Waals surface area contributed by atoms with Crippen molar-refractivity contribution in [3.8, 4) is 0 Å². The zero-order valence-corrected chi connectivity index (χ0v) is 16.1. The minimum atomic E-state index is 0.0556. The number of aliphatic imine (C=N–C) groups is 1. The number of rotatable bonds is 6. The number of nitrogens with zero attached hydrogens (tertiary/aromatic N) is 2. The van der Waals surface area contributed by atoms with Crippen molar-refractivity contribution >= 4 is 17.2 Å². The van der Waals surface area contributed by atoms with Crippen LogP contribution in [0.1, 0.15) is 87.1 Å². The zero-order valence-electron chi connectivity index (χ0n) is 16.1. The summed E-state index contributed by atoms with van der Waals surface area (Å²) in [5.74, 6) is 0.845. The summed E-state index contributed by atoms with van der Waals surface area (Å²) in [5, 5.41) is 0. The van der Waals surface area contributed by atoms with Crippen LogP contribution in [0.4, 0.5) is 5.69 Å². The van der Waals surface area contributed by atoms with Gasteiger partial charge in [0.25, 0.3) is 0 Å². The molecule has 0 atom stereocenters. The van der Waals surface area contributed by atoms with Crippen molar-refractivity contribution < 1.29 is 4.79 Å². The van der Waals surface area contributed by atoms with Crippen LogP contribution in [-0.2, 0) is 0 Å². The molecular formula is C22H28N2O. The van der Waals surface area contributed by atoms with Crippen LogP contribution in [0.2, 0.25) is 0 Å². The molecule has 0 bridgehead atoms. The molecule has 0 radical (unpaired) electrons. The summed E-state index contributed by atoms with van der Waals surface area (Å²) >= 11 is 0. The Morgan fingerprint density at radius 1 is 0.960 bits per heavy atom. The Morgan fingerprint density at radius 2 is 1.48 bits per heavy atom. The van der Waals surface area contributed by atoms with E-state index in [4.69, 9.17) is 4.99 Å². The van der Waals surface area contributed by atoms with Gasteiger partial charge in [-0.3, -0.25) is 9.79 Å². The average Bonchev–Trinajstić information content (AvgIpc) is 2.60. The lowest BCUT2D eigenvalue weighted by Crippen LogP contribution is -2.06. The topological polar surface area (TPSA) is 42.3 Å². The van der Waals surface area contributed by atoms with Gasteiger partial charge in [-0.15, -0.1) is 0 Å². The highest BCUT2D eigenvalue weighted by molar-refractivity contribution is 6.01. The van der Waals surface area contributed by atoms with Gasteiger partial charge in [-0.25, -0.2) is 4.98 Å². The molecule has 132 valence electrons. The highest BCUT2D eigenvalue weighted by atomic mass is 16.1. The van der Waals surface area contributed by atoms with Gasteiger partial charge in [0.1, 0.15) is 5.69 Å². The van der Waals surface area contributed by atoms with Gasteiger partial charge in [0.05, 0.1) is 17.1 Å². The average molecular weight is 336 g/mol. The number of carbonyl (C=O) groups is 1. The third-order valence-electron chi connectivity index (χ3n) is 4.35. The first-order valence-electron chi connectivity index (χ1n) is 9.03. The van der Waals surface area contributed by atoms with Gasteiger partial charge >= 0.3 is 0 Å². The first kappa shape index (κ1) is 19.0. The van der Waals surface area contributed by atoms with Crippen molar-refractivity contribution in [1.82, 2.24) is 4.98 Å². The molecule has 0 aliphatic carbocycles. The van der Waals surface area contributed by atoms with Crippen LogP contribution in [0.3, 0.4) is 0 Å². The third kappa shape index (κ3) is 4.41. The molecule has 2 aromatic rings. The normalized spacial score (nSPS) is 12.1. The van der Waals surface area contributed by atoms with Crippen LogP contribution in [0.5, 0.6) is 0 Å². The molecule has 0 spiro atoms. The predicted octanol–water partition coefficient (Wildman–Crippen LogP) is 6.06. The number of aromatic nitrogens is 1. The molecule has 1 heterocycles. The molecular weight excluding hydrogens is 308 g/mol. The van der Waals surface area contributed by atoms with E-state index >= 15 is 0 Å². The lowest BCUT2D eigenvalue weighted by Gasteiger charge is -2.17. The number of Topliss-reactive ketones (excluding diaryl/α,β-unsaturated/α-hetero) is 1. The number of para-hydroxylation sites is 1. The van der Waals surface area contributed by atoms with Gasteiger partial charge in [-0.05, 0) is 42.0 Å². The molecule has 0 saturated heterocycles. The van der Waals surface area contributed by atoms with Gasteiger partial charge in [0, 0.05) is 6.42 Å². The number of pyridine rings is 1. The molecule has 1 aromatic heterocycles. The summed E-state index contributed by atoms with van der Waals surface area (Å²) < 4.78 is 0. The summed E-state index contributed by atoms with van der Waals surface area (Å²) in [5.41, 5.74) is 5.63. The Labute approximate surface area is 151 Å². The van der Waals surface area contributed by atoms with E-state index in [1.165, 1.54) is 11.1 Å². The summed E-state index contributed by atoms with van der Waals surface area (Å²) in [7, 11) is 0. The fourth-order valence-electron chi connectivity index (χ4n) is 2.84. The van der Waals surface area contributed by atoms with Crippen molar-refractivity contribution in [3.05, 3.63) is 58.9 Å². The second-order valence-corrected chi connectivity index (χ2v) is 6.98. The molecule has 0 unspecified atom stereocenters. The van der Waals surface area contributed by atoms with Crippen LogP contribution >= 0.6 is 0 Å². The van der Waals surface area contributed by atoms with Crippen LogP contribution in [0.25, 0.3) is 0 Å². The Bertz CT molecular complexity index is 762. The number of ketones is 1. The summed E-state index contributed by atoms with van der Waals surface area (Å²) in [6.45, 7) is 12.6. The maximum absolute atomic E-state index is 11.9. The van der Waals surface area contributed by atoms with Gasteiger partial charge < -0.3 is 0 Å². The van der Waals surface area contributed by atoms with Gasteiger partial charge in [-0.2, -0.15) is 0 Å². The molecule has 3 nitrogen and oxygen atoms in total. The van der Waals surface area contributed by atoms with Crippen LogP contribution < -0.4 is 0 Å². The predicted molar refractivity (Wildman–Crippen MR) is 105 cm³/mol. The SMILES string of the molecule is CCC(=O)c1cccc(C(C)=Nc2c(C(C)C)cccc2C(C)C)n1. The lowest BCUT2D eigenvalue weighted by molar-refractivity contribution is 0.0983. The maximum Gasteiger partial charge on any atom is 0.180 e. The number of hydrogen-bond donors (Lipinski definition) is 0. The molecule has 0 aliphatic rings. The van der Waals surface area contributed by atoms with Crippen molar-refractivity contribution in [2.75, 3.05) is 0 Å². The molecule has 1 aromatic carbocycles. The van der Waals surface area contributed by atoms with Gasteiger partial charge in [0.15, 0.2) is 5.78 Å². The number of benzene rings is 1. The molecule has 0 aliphatic heterocycles. The third-order valence-corrected chi connectivity index (χ3v) is 4.35. The quantitative estimate of drug-likeness (QED) is 0.475. The van der Waals surface area contributed by atoms with Gasteiger partial charge in [-0.1, -0.05) is 58.9 Å². The second-order valence-electron chi connectivity index (χ2n) is 6.98. The van der Waals surface area contributed by atoms with Gasteiger partial charge in [0.2, 0.25) is 0 Å². The Balaban J connectivity index is 2.55. The fourth-order valence-corrected chi connectivity index (χ4v) is 2.84. The lowest BCUT2D eigenvalue weighted by atomic mass is 9.93. The summed E-state index contributed by atoms with van der Waals surface area (Å²) in [4.78, 5) is 21.4. The molecule has 0 saturated carbocycles. The maximum atomic E-state index is 11.9. The van der Waals surface area contributed by atoms with E-state index in [1.54, 1.807) is 6.07 Å². The van der Waals surface area contributed by atoms with Crippen molar-refractivity contribution in [1.29, 1.82) is 0 Å². The van der Waals surface area contributed by atoms with Crippen molar-refractivity contribution in [2.45, 2.75) is 59.8 Å². The highest BCUT2D eigenvalue weighted by Crippen LogP contribution is 2.35. The summed E-state index contributed by atoms with van der Waals surface area (Å²) in [6, 6.07) is 12.0. The number of carbonyl (C=O) groups excluding carboxylic acids is 1. The molecule has 2 rings (SSSR count). The molecule has 0 N–H and O–H groups in total. The molecule has 0 fully saturated rings. The Morgan fingerprint density at radius 3 is 2.00 bits per heavy atom. The first-order chi connectivity index (χ1) is 11.8. The molecule has 3 heteroatoms. The standard InChI is InChI=1S/C22H28N2O/c1-7-21(25)20-13-9-12-19(24-20)16(6)23-22-17(14(2)3)10-8-11-18(22)15(4)5/h8-15H,7H2,1-6H3. The molecule has 0 amide bonds. The van der Waals surface area contributed by atoms with E-state index in [1.807, 2.05) is 26.0 Å². The van der Waals surface area contributed by atoms with E-state index in [0.29, 0.717) is 24.0 Å². The van der Waals surface area contributed by atoms with E-state index in [0.717, 1.165) is 17.1 Å². The van der Waals surface area contributed by atoms with E-state index in [-0.39, 0.29) is 5.78 Å². The van der Waals surface area contributed by atoms with Crippen LogP contribution in [0.15, 0.2) is 41.4 Å². The zero-order chi connectivity index (χ0) is 18.6. The monoisotopic (exact) mass is 336 g/mol. The van der Waals surface area contributed by atoms with Crippen molar-refractivity contribution in [2.24, 2.45) is 4.99 Å². The van der Waals surface area contributed by atoms with E-state index < -0.39 is 0 Å². The number of hydrogen-bond acceptors (Lipinski definition) is 3. The van der Waals surface area contributed by atoms with E-state index in [9.17, 15) is 4.79 Å². The summed E-state index contributed by atoms with van der Waals surface area (Å²) in [6.07, 6.45) is 0.459. The smallest absolute Gasteiger partial charge is 0.180 e.